The number of guanidine groups is 1. The Bertz CT molecular complexity index is 930. The number of ether oxygens (including phenoxy) is 2. The largest absolute Gasteiger partial charge is 0.497 e. The Labute approximate surface area is 184 Å². The number of furan rings is 1. The molecule has 1 heterocycles. The van der Waals surface area contributed by atoms with E-state index in [-0.39, 0.29) is 36.3 Å². The Kier molecular flexibility index (Phi) is 8.50. The number of hydrogen-bond donors (Lipinski definition) is 2. The number of alkyl halides is 2. The van der Waals surface area contributed by atoms with Crippen molar-refractivity contribution in [2.24, 2.45) is 4.99 Å². The number of aliphatic imine (C=N–C) groups is 1. The number of hydrogen-bond acceptors (Lipinski definition) is 4. The Balaban J connectivity index is 0.00000300. The van der Waals surface area contributed by atoms with Gasteiger partial charge in [0.05, 0.1) is 13.7 Å². The third kappa shape index (κ3) is 6.21. The van der Waals surface area contributed by atoms with E-state index in [1.165, 1.54) is 13.2 Å². The van der Waals surface area contributed by atoms with Crippen LogP contribution in [0.4, 0.5) is 8.78 Å². The van der Waals surface area contributed by atoms with Gasteiger partial charge in [0.1, 0.15) is 22.8 Å². The topological polar surface area (TPSA) is 68.0 Å². The highest BCUT2D eigenvalue weighted by Crippen LogP contribution is 2.25. The van der Waals surface area contributed by atoms with Crippen molar-refractivity contribution in [2.45, 2.75) is 19.7 Å². The first-order valence-corrected chi connectivity index (χ1v) is 8.62. The maximum Gasteiger partial charge on any atom is 0.387 e. The van der Waals surface area contributed by atoms with E-state index >= 15 is 0 Å². The molecule has 0 saturated heterocycles. The molecule has 3 aromatic rings. The summed E-state index contributed by atoms with van der Waals surface area (Å²) < 4.78 is 40.7. The summed E-state index contributed by atoms with van der Waals surface area (Å²) in [5.41, 5.74) is 1.33. The number of para-hydroxylation sites is 1. The SMILES string of the molecule is CN=C(NCc1cc2ccccc2o1)NCc1cc(OC)ccc1OC(F)F.I. The van der Waals surface area contributed by atoms with E-state index in [1.54, 1.807) is 19.2 Å². The fourth-order valence-electron chi connectivity index (χ4n) is 2.73. The molecule has 2 aromatic carbocycles. The van der Waals surface area contributed by atoms with Crippen LogP contribution in [-0.4, -0.2) is 26.7 Å². The standard InChI is InChI=1S/C20H21F2N3O3.HI/c1-23-20(25-12-16-9-13-5-3-4-6-17(13)27-16)24-11-14-10-15(26-2)7-8-18(14)28-19(21)22;/h3-10,19H,11-12H2,1-2H3,(H2,23,24,25);1H. The summed E-state index contributed by atoms with van der Waals surface area (Å²) >= 11 is 0. The molecule has 0 radical (unpaired) electrons. The lowest BCUT2D eigenvalue weighted by atomic mass is 10.2. The maximum absolute atomic E-state index is 12.6. The third-order valence-corrected chi connectivity index (χ3v) is 4.06. The van der Waals surface area contributed by atoms with Gasteiger partial charge in [-0.25, -0.2) is 0 Å². The molecule has 156 valence electrons. The normalized spacial score (nSPS) is 11.3. The molecular formula is C20H22F2IN3O3. The number of rotatable bonds is 7. The van der Waals surface area contributed by atoms with Gasteiger partial charge in [-0.1, -0.05) is 18.2 Å². The maximum atomic E-state index is 12.6. The summed E-state index contributed by atoms with van der Waals surface area (Å²) in [6, 6.07) is 14.3. The zero-order valence-electron chi connectivity index (χ0n) is 15.9. The highest BCUT2D eigenvalue weighted by molar-refractivity contribution is 14.0. The van der Waals surface area contributed by atoms with Crippen molar-refractivity contribution in [3.8, 4) is 11.5 Å². The molecule has 0 amide bonds. The fourth-order valence-corrected chi connectivity index (χ4v) is 2.73. The van der Waals surface area contributed by atoms with Gasteiger partial charge in [0.25, 0.3) is 0 Å². The summed E-state index contributed by atoms with van der Waals surface area (Å²) in [6.07, 6.45) is 0. The lowest BCUT2D eigenvalue weighted by Gasteiger charge is -2.15. The third-order valence-electron chi connectivity index (χ3n) is 4.06. The van der Waals surface area contributed by atoms with Crippen LogP contribution >= 0.6 is 24.0 Å². The lowest BCUT2D eigenvalue weighted by molar-refractivity contribution is -0.0505. The fraction of sp³-hybridized carbons (Fsp3) is 0.250. The van der Waals surface area contributed by atoms with Gasteiger partial charge < -0.3 is 24.5 Å². The molecule has 9 heteroatoms. The van der Waals surface area contributed by atoms with Gasteiger partial charge in [-0.15, -0.1) is 24.0 Å². The van der Waals surface area contributed by atoms with E-state index in [4.69, 9.17) is 9.15 Å². The van der Waals surface area contributed by atoms with E-state index in [0.29, 0.717) is 23.8 Å². The molecule has 0 unspecified atom stereocenters. The summed E-state index contributed by atoms with van der Waals surface area (Å²) in [6.45, 7) is -2.26. The van der Waals surface area contributed by atoms with Gasteiger partial charge in [0.15, 0.2) is 5.96 Å². The summed E-state index contributed by atoms with van der Waals surface area (Å²) in [4.78, 5) is 4.14. The minimum absolute atomic E-state index is 0. The first-order chi connectivity index (χ1) is 13.6. The smallest absolute Gasteiger partial charge is 0.387 e. The Hall–Kier alpha value is -2.56. The van der Waals surface area contributed by atoms with Crippen LogP contribution in [0.2, 0.25) is 0 Å². The number of benzene rings is 2. The van der Waals surface area contributed by atoms with Crippen LogP contribution in [0.3, 0.4) is 0 Å². The van der Waals surface area contributed by atoms with Gasteiger partial charge in [-0.3, -0.25) is 4.99 Å². The predicted octanol–water partition coefficient (Wildman–Crippen LogP) is 4.53. The highest BCUT2D eigenvalue weighted by Gasteiger charge is 2.12. The van der Waals surface area contributed by atoms with Crippen molar-refractivity contribution in [2.75, 3.05) is 14.2 Å². The van der Waals surface area contributed by atoms with Crippen molar-refractivity contribution < 1.29 is 22.7 Å². The lowest BCUT2D eigenvalue weighted by Crippen LogP contribution is -2.36. The molecule has 29 heavy (non-hydrogen) atoms. The van der Waals surface area contributed by atoms with Crippen molar-refractivity contribution in [3.63, 3.8) is 0 Å². The molecule has 0 bridgehead atoms. The number of halogens is 3. The van der Waals surface area contributed by atoms with E-state index in [1.807, 2.05) is 30.3 Å². The second-order valence-corrected chi connectivity index (χ2v) is 5.88. The summed E-state index contributed by atoms with van der Waals surface area (Å²) in [5, 5.41) is 7.22. The molecule has 0 spiro atoms. The van der Waals surface area contributed by atoms with E-state index in [0.717, 1.165) is 16.7 Å². The van der Waals surface area contributed by atoms with Gasteiger partial charge in [-0.05, 0) is 30.3 Å². The molecule has 3 rings (SSSR count). The summed E-state index contributed by atoms with van der Waals surface area (Å²) in [5.74, 6) is 1.87. The molecule has 6 nitrogen and oxygen atoms in total. The van der Waals surface area contributed by atoms with Crippen LogP contribution in [0.25, 0.3) is 11.0 Å². The van der Waals surface area contributed by atoms with Crippen molar-refractivity contribution >= 4 is 40.9 Å². The van der Waals surface area contributed by atoms with Crippen LogP contribution in [0.15, 0.2) is 57.9 Å². The Morgan fingerprint density at radius 3 is 2.55 bits per heavy atom. The van der Waals surface area contributed by atoms with Gasteiger partial charge in [0, 0.05) is 24.5 Å². The van der Waals surface area contributed by atoms with E-state index < -0.39 is 6.61 Å². The second kappa shape index (κ2) is 10.8. The number of nitrogens with one attached hydrogen (secondary N) is 2. The molecule has 0 aliphatic carbocycles. The highest BCUT2D eigenvalue weighted by atomic mass is 127. The number of nitrogens with zero attached hydrogens (tertiary/aromatic N) is 1. The minimum atomic E-state index is -2.90. The summed E-state index contributed by atoms with van der Waals surface area (Å²) in [7, 11) is 3.13. The first-order valence-electron chi connectivity index (χ1n) is 8.62. The average Bonchev–Trinajstić information content (AvgIpc) is 3.11. The molecule has 2 N–H and O–H groups in total. The minimum Gasteiger partial charge on any atom is -0.497 e. The molecule has 0 fully saturated rings. The van der Waals surface area contributed by atoms with Crippen LogP contribution in [-0.2, 0) is 13.1 Å². The van der Waals surface area contributed by atoms with Gasteiger partial charge >= 0.3 is 6.61 Å². The van der Waals surface area contributed by atoms with Crippen LogP contribution in [0.1, 0.15) is 11.3 Å². The molecule has 0 aliphatic rings. The monoisotopic (exact) mass is 517 g/mol. The molecule has 0 atom stereocenters. The molecule has 1 aromatic heterocycles. The Morgan fingerprint density at radius 2 is 1.86 bits per heavy atom. The zero-order valence-corrected chi connectivity index (χ0v) is 18.3. The quantitative estimate of drug-likeness (QED) is 0.274. The van der Waals surface area contributed by atoms with Crippen LogP contribution in [0.5, 0.6) is 11.5 Å². The number of methoxy groups -OCH3 is 1. The van der Waals surface area contributed by atoms with Crippen molar-refractivity contribution in [3.05, 3.63) is 59.9 Å². The molecule has 0 aliphatic heterocycles. The van der Waals surface area contributed by atoms with Gasteiger partial charge in [-0.2, -0.15) is 8.78 Å². The Morgan fingerprint density at radius 1 is 1.10 bits per heavy atom. The number of fused-ring (bicyclic) bond motifs is 1. The van der Waals surface area contributed by atoms with Gasteiger partial charge in [0.2, 0.25) is 0 Å². The molecular weight excluding hydrogens is 495 g/mol. The van der Waals surface area contributed by atoms with Crippen molar-refractivity contribution in [1.29, 1.82) is 0 Å². The predicted molar refractivity (Wildman–Crippen MR) is 118 cm³/mol. The zero-order chi connectivity index (χ0) is 19.9. The second-order valence-electron chi connectivity index (χ2n) is 5.88. The van der Waals surface area contributed by atoms with E-state index in [2.05, 4.69) is 20.4 Å². The molecule has 0 saturated carbocycles. The first kappa shape index (κ1) is 22.7. The van der Waals surface area contributed by atoms with Crippen LogP contribution in [0, 0.1) is 0 Å². The van der Waals surface area contributed by atoms with Crippen LogP contribution < -0.4 is 20.1 Å². The van der Waals surface area contributed by atoms with E-state index in [9.17, 15) is 8.78 Å². The van der Waals surface area contributed by atoms with Crippen molar-refractivity contribution in [1.82, 2.24) is 10.6 Å². The average molecular weight is 517 g/mol.